The van der Waals surface area contributed by atoms with E-state index in [1.165, 1.54) is 11.3 Å². The molecule has 0 aliphatic heterocycles. The van der Waals surface area contributed by atoms with Gasteiger partial charge in [-0.05, 0) is 13.8 Å². The molecule has 0 atom stereocenters. The lowest BCUT2D eigenvalue weighted by atomic mass is 10.5. The molecule has 6 heteroatoms. The number of nitrogens with zero attached hydrogens (tertiary/aromatic N) is 1. The highest BCUT2D eigenvalue weighted by atomic mass is 32.2. The minimum atomic E-state index is -3.16. The molecule has 0 spiro atoms. The Balaban J connectivity index is 2.53. The first-order valence-electron chi connectivity index (χ1n) is 3.88. The van der Waals surface area contributed by atoms with Gasteiger partial charge in [-0.2, -0.15) is 0 Å². The molecular formula is C7H12N2O2S2. The van der Waals surface area contributed by atoms with Crippen LogP contribution in [0.1, 0.15) is 19.5 Å². The Morgan fingerprint density at radius 3 is 2.77 bits per heavy atom. The first-order valence-corrected chi connectivity index (χ1v) is 6.37. The second-order valence-corrected chi connectivity index (χ2v) is 5.93. The number of aromatic nitrogens is 1. The normalized spacial score (nSPS) is 12.2. The van der Waals surface area contributed by atoms with Crippen LogP contribution in [0.3, 0.4) is 0 Å². The molecular weight excluding hydrogens is 208 g/mol. The molecule has 1 heterocycles. The average molecular weight is 220 g/mol. The molecule has 0 saturated heterocycles. The minimum Gasteiger partial charge on any atom is -0.248 e. The molecule has 0 fully saturated rings. The SMILES string of the molecule is CC(C)S(=O)(=O)NCc1cscn1. The van der Waals surface area contributed by atoms with Gasteiger partial charge in [0.15, 0.2) is 0 Å². The van der Waals surface area contributed by atoms with Gasteiger partial charge in [0.05, 0.1) is 23.0 Å². The molecule has 0 bridgehead atoms. The summed E-state index contributed by atoms with van der Waals surface area (Å²) in [6, 6.07) is 0. The summed E-state index contributed by atoms with van der Waals surface area (Å²) in [5, 5.41) is 1.43. The van der Waals surface area contributed by atoms with E-state index in [9.17, 15) is 8.42 Å². The third-order valence-corrected chi connectivity index (χ3v) is 3.98. The van der Waals surface area contributed by atoms with E-state index >= 15 is 0 Å². The van der Waals surface area contributed by atoms with Crippen molar-refractivity contribution in [1.82, 2.24) is 9.71 Å². The molecule has 1 rings (SSSR count). The zero-order valence-corrected chi connectivity index (χ0v) is 9.15. The van der Waals surface area contributed by atoms with Crippen LogP contribution in [-0.2, 0) is 16.6 Å². The maximum atomic E-state index is 11.3. The summed E-state index contributed by atoms with van der Waals surface area (Å²) in [7, 11) is -3.16. The average Bonchev–Trinajstić information content (AvgIpc) is 2.52. The van der Waals surface area contributed by atoms with Gasteiger partial charge in [-0.3, -0.25) is 0 Å². The lowest BCUT2D eigenvalue weighted by molar-refractivity contribution is 0.571. The maximum Gasteiger partial charge on any atom is 0.214 e. The zero-order chi connectivity index (χ0) is 9.90. The summed E-state index contributed by atoms with van der Waals surface area (Å²) < 4.78 is 25.1. The van der Waals surface area contributed by atoms with Crippen molar-refractivity contribution in [2.24, 2.45) is 0 Å². The predicted molar refractivity (Wildman–Crippen MR) is 53.0 cm³/mol. The minimum absolute atomic E-state index is 0.282. The maximum absolute atomic E-state index is 11.3. The summed E-state index contributed by atoms with van der Waals surface area (Å²) in [5.74, 6) is 0. The van der Waals surface area contributed by atoms with E-state index in [1.54, 1.807) is 19.4 Å². The number of sulfonamides is 1. The van der Waals surface area contributed by atoms with Gasteiger partial charge in [0.1, 0.15) is 0 Å². The van der Waals surface area contributed by atoms with Crippen molar-refractivity contribution < 1.29 is 8.42 Å². The van der Waals surface area contributed by atoms with E-state index in [4.69, 9.17) is 0 Å². The number of thiazole rings is 1. The van der Waals surface area contributed by atoms with Gasteiger partial charge in [0.2, 0.25) is 10.0 Å². The van der Waals surface area contributed by atoms with Gasteiger partial charge in [0.25, 0.3) is 0 Å². The molecule has 0 saturated carbocycles. The van der Waals surface area contributed by atoms with Crippen molar-refractivity contribution in [1.29, 1.82) is 0 Å². The van der Waals surface area contributed by atoms with E-state index in [1.807, 2.05) is 5.38 Å². The third-order valence-electron chi connectivity index (χ3n) is 1.56. The molecule has 0 amide bonds. The third kappa shape index (κ3) is 3.06. The predicted octanol–water partition coefficient (Wildman–Crippen LogP) is 0.971. The molecule has 74 valence electrons. The fourth-order valence-corrected chi connectivity index (χ4v) is 1.91. The molecule has 4 nitrogen and oxygen atoms in total. The monoisotopic (exact) mass is 220 g/mol. The largest absolute Gasteiger partial charge is 0.248 e. The Morgan fingerprint density at radius 1 is 1.62 bits per heavy atom. The molecule has 1 N–H and O–H groups in total. The smallest absolute Gasteiger partial charge is 0.214 e. The highest BCUT2D eigenvalue weighted by molar-refractivity contribution is 7.90. The van der Waals surface area contributed by atoms with Crippen molar-refractivity contribution in [3.63, 3.8) is 0 Å². The van der Waals surface area contributed by atoms with Crippen molar-refractivity contribution >= 4 is 21.4 Å². The fraction of sp³-hybridized carbons (Fsp3) is 0.571. The topological polar surface area (TPSA) is 59.1 Å². The summed E-state index contributed by atoms with van der Waals surface area (Å²) in [4.78, 5) is 3.97. The van der Waals surface area contributed by atoms with Crippen LogP contribution >= 0.6 is 11.3 Å². The molecule has 1 aromatic heterocycles. The highest BCUT2D eigenvalue weighted by Gasteiger charge is 2.14. The standard InChI is InChI=1S/C7H12N2O2S2/c1-6(2)13(10,11)9-3-7-4-12-5-8-7/h4-6,9H,3H2,1-2H3. The molecule has 1 aromatic rings. The van der Waals surface area contributed by atoms with Crippen LogP contribution in [0, 0.1) is 0 Å². The van der Waals surface area contributed by atoms with Gasteiger partial charge in [-0.25, -0.2) is 18.1 Å². The van der Waals surface area contributed by atoms with E-state index in [0.29, 0.717) is 0 Å². The lowest BCUT2D eigenvalue weighted by Crippen LogP contribution is -2.30. The molecule has 0 aliphatic rings. The van der Waals surface area contributed by atoms with Crippen molar-refractivity contribution in [3.8, 4) is 0 Å². The van der Waals surface area contributed by atoms with Crippen LogP contribution in [0.15, 0.2) is 10.9 Å². The van der Waals surface area contributed by atoms with Gasteiger partial charge in [-0.15, -0.1) is 11.3 Å². The van der Waals surface area contributed by atoms with Crippen LogP contribution in [0.25, 0.3) is 0 Å². The van der Waals surface area contributed by atoms with Gasteiger partial charge >= 0.3 is 0 Å². The summed E-state index contributed by atoms with van der Waals surface area (Å²) >= 11 is 1.45. The quantitative estimate of drug-likeness (QED) is 0.822. The van der Waals surface area contributed by atoms with Crippen molar-refractivity contribution in [3.05, 3.63) is 16.6 Å². The Morgan fingerprint density at radius 2 is 2.31 bits per heavy atom. The number of nitrogens with one attached hydrogen (secondary N) is 1. The summed E-state index contributed by atoms with van der Waals surface area (Å²) in [6.45, 7) is 3.57. The molecule has 0 aliphatic carbocycles. The molecule has 0 unspecified atom stereocenters. The van der Waals surface area contributed by atoms with Crippen LogP contribution in [-0.4, -0.2) is 18.7 Å². The highest BCUT2D eigenvalue weighted by Crippen LogP contribution is 2.02. The lowest BCUT2D eigenvalue weighted by Gasteiger charge is -2.07. The molecule has 0 aromatic carbocycles. The Hall–Kier alpha value is -0.460. The van der Waals surface area contributed by atoms with E-state index in [2.05, 4.69) is 9.71 Å². The number of rotatable bonds is 4. The van der Waals surface area contributed by atoms with Gasteiger partial charge in [0, 0.05) is 5.38 Å². The Kier molecular flexibility index (Phi) is 3.40. The molecule has 0 radical (unpaired) electrons. The van der Waals surface area contributed by atoms with E-state index < -0.39 is 15.3 Å². The Bertz CT molecular complexity index is 343. The fourth-order valence-electron chi connectivity index (χ4n) is 0.666. The first-order chi connectivity index (χ1) is 6.02. The van der Waals surface area contributed by atoms with Crippen LogP contribution < -0.4 is 4.72 Å². The van der Waals surface area contributed by atoms with Crippen LogP contribution in [0.4, 0.5) is 0 Å². The molecule has 13 heavy (non-hydrogen) atoms. The summed E-state index contributed by atoms with van der Waals surface area (Å²) in [5.41, 5.74) is 2.44. The second-order valence-electron chi connectivity index (χ2n) is 2.89. The van der Waals surface area contributed by atoms with Crippen LogP contribution in [0.5, 0.6) is 0 Å². The van der Waals surface area contributed by atoms with E-state index in [-0.39, 0.29) is 6.54 Å². The summed E-state index contributed by atoms with van der Waals surface area (Å²) in [6.07, 6.45) is 0. The van der Waals surface area contributed by atoms with E-state index in [0.717, 1.165) is 5.69 Å². The van der Waals surface area contributed by atoms with Gasteiger partial charge < -0.3 is 0 Å². The second kappa shape index (κ2) is 4.17. The Labute approximate surface area is 82.1 Å². The number of hydrogen-bond donors (Lipinski definition) is 1. The first kappa shape index (κ1) is 10.6. The zero-order valence-electron chi connectivity index (χ0n) is 7.52. The number of hydrogen-bond acceptors (Lipinski definition) is 4. The van der Waals surface area contributed by atoms with Crippen molar-refractivity contribution in [2.75, 3.05) is 0 Å². The van der Waals surface area contributed by atoms with Crippen molar-refractivity contribution in [2.45, 2.75) is 25.6 Å². The van der Waals surface area contributed by atoms with Gasteiger partial charge in [-0.1, -0.05) is 0 Å². The van der Waals surface area contributed by atoms with Crippen LogP contribution in [0.2, 0.25) is 0 Å².